The summed E-state index contributed by atoms with van der Waals surface area (Å²) in [5.41, 5.74) is 1.23. The van der Waals surface area contributed by atoms with Crippen molar-refractivity contribution in [2.75, 3.05) is 25.1 Å². The molecule has 3 nitrogen and oxygen atoms in total. The monoisotopic (exact) mass is 340 g/mol. The van der Waals surface area contributed by atoms with Crippen molar-refractivity contribution in [2.24, 2.45) is 5.92 Å². The van der Waals surface area contributed by atoms with Crippen molar-refractivity contribution in [1.82, 2.24) is 5.32 Å². The third-order valence-electron chi connectivity index (χ3n) is 4.50. The Kier molecular flexibility index (Phi) is 5.33. The van der Waals surface area contributed by atoms with Crippen LogP contribution < -0.4 is 15.0 Å². The highest BCUT2D eigenvalue weighted by molar-refractivity contribution is 9.10. The Morgan fingerprint density at radius 1 is 1.40 bits per heavy atom. The van der Waals surface area contributed by atoms with Crippen molar-refractivity contribution < 1.29 is 4.74 Å². The molecule has 1 aliphatic heterocycles. The van der Waals surface area contributed by atoms with E-state index >= 15 is 0 Å². The molecule has 1 aromatic rings. The van der Waals surface area contributed by atoms with Gasteiger partial charge < -0.3 is 15.0 Å². The molecule has 2 rings (SSSR count). The molecule has 4 heteroatoms. The van der Waals surface area contributed by atoms with Crippen molar-refractivity contribution >= 4 is 21.6 Å². The van der Waals surface area contributed by atoms with Gasteiger partial charge in [-0.15, -0.1) is 0 Å². The zero-order chi connectivity index (χ0) is 14.7. The van der Waals surface area contributed by atoms with Gasteiger partial charge in [-0.2, -0.15) is 0 Å². The maximum Gasteiger partial charge on any atom is 0.121 e. The lowest BCUT2D eigenvalue weighted by atomic mass is 9.86. The number of methoxy groups -OCH3 is 1. The maximum atomic E-state index is 5.36. The van der Waals surface area contributed by atoms with E-state index in [0.717, 1.165) is 23.3 Å². The molecular weight excluding hydrogens is 316 g/mol. The second-order valence-corrected chi connectivity index (χ2v) is 6.42. The van der Waals surface area contributed by atoms with Gasteiger partial charge in [0.1, 0.15) is 5.75 Å². The summed E-state index contributed by atoms with van der Waals surface area (Å²) in [4.78, 5) is 2.49. The van der Waals surface area contributed by atoms with Crippen LogP contribution in [-0.4, -0.2) is 32.3 Å². The zero-order valence-electron chi connectivity index (χ0n) is 12.8. The SMILES string of the molecule is CCNC1CCN(c2cc(OC)ccc2Br)C(C)C1C. The number of piperidine rings is 1. The first-order valence-electron chi connectivity index (χ1n) is 7.42. The molecule has 1 fully saturated rings. The molecule has 3 atom stereocenters. The Hall–Kier alpha value is -0.740. The first-order valence-corrected chi connectivity index (χ1v) is 8.21. The number of benzene rings is 1. The van der Waals surface area contributed by atoms with Gasteiger partial charge in [-0.05, 0) is 53.9 Å². The molecule has 0 aromatic heterocycles. The predicted molar refractivity (Wildman–Crippen MR) is 88.7 cm³/mol. The number of hydrogen-bond donors (Lipinski definition) is 1. The summed E-state index contributed by atoms with van der Waals surface area (Å²) in [7, 11) is 1.72. The highest BCUT2D eigenvalue weighted by atomic mass is 79.9. The van der Waals surface area contributed by atoms with Gasteiger partial charge in [-0.3, -0.25) is 0 Å². The number of anilines is 1. The van der Waals surface area contributed by atoms with E-state index in [1.54, 1.807) is 7.11 Å². The topological polar surface area (TPSA) is 24.5 Å². The average Bonchev–Trinajstić information content (AvgIpc) is 2.45. The summed E-state index contributed by atoms with van der Waals surface area (Å²) < 4.78 is 6.50. The average molecular weight is 341 g/mol. The molecule has 1 aromatic carbocycles. The Balaban J connectivity index is 2.21. The largest absolute Gasteiger partial charge is 0.497 e. The van der Waals surface area contributed by atoms with Crippen LogP contribution in [0.3, 0.4) is 0 Å². The molecule has 0 spiro atoms. The maximum absolute atomic E-state index is 5.36. The summed E-state index contributed by atoms with van der Waals surface area (Å²) in [5, 5.41) is 3.61. The van der Waals surface area contributed by atoms with Crippen LogP contribution in [-0.2, 0) is 0 Å². The second-order valence-electron chi connectivity index (χ2n) is 5.56. The van der Waals surface area contributed by atoms with E-state index < -0.39 is 0 Å². The Bertz CT molecular complexity index is 452. The smallest absolute Gasteiger partial charge is 0.121 e. The third-order valence-corrected chi connectivity index (χ3v) is 5.17. The summed E-state index contributed by atoms with van der Waals surface area (Å²) in [6.45, 7) is 8.97. The Morgan fingerprint density at radius 3 is 2.80 bits per heavy atom. The molecule has 0 aliphatic carbocycles. The first kappa shape index (κ1) is 15.6. The van der Waals surface area contributed by atoms with Gasteiger partial charge in [0.05, 0.1) is 12.8 Å². The van der Waals surface area contributed by atoms with Crippen LogP contribution in [0.4, 0.5) is 5.69 Å². The number of ether oxygens (including phenoxy) is 1. The van der Waals surface area contributed by atoms with Gasteiger partial charge in [0.15, 0.2) is 0 Å². The van der Waals surface area contributed by atoms with Crippen molar-refractivity contribution in [2.45, 2.75) is 39.3 Å². The molecule has 0 saturated carbocycles. The highest BCUT2D eigenvalue weighted by Crippen LogP contribution is 2.36. The highest BCUT2D eigenvalue weighted by Gasteiger charge is 2.32. The van der Waals surface area contributed by atoms with Crippen LogP contribution in [0, 0.1) is 5.92 Å². The molecule has 1 N–H and O–H groups in total. The molecule has 20 heavy (non-hydrogen) atoms. The van der Waals surface area contributed by atoms with Crippen LogP contribution >= 0.6 is 15.9 Å². The molecule has 0 radical (unpaired) electrons. The van der Waals surface area contributed by atoms with Gasteiger partial charge in [-0.25, -0.2) is 0 Å². The van der Waals surface area contributed by atoms with Crippen LogP contribution in [0.1, 0.15) is 27.2 Å². The van der Waals surface area contributed by atoms with Gasteiger partial charge in [0.2, 0.25) is 0 Å². The Morgan fingerprint density at radius 2 is 2.15 bits per heavy atom. The molecule has 0 amide bonds. The van der Waals surface area contributed by atoms with Crippen LogP contribution in [0.15, 0.2) is 22.7 Å². The fraction of sp³-hybridized carbons (Fsp3) is 0.625. The molecule has 112 valence electrons. The third kappa shape index (κ3) is 3.12. The lowest BCUT2D eigenvalue weighted by Gasteiger charge is -2.44. The molecule has 1 saturated heterocycles. The van der Waals surface area contributed by atoms with E-state index in [1.165, 1.54) is 12.1 Å². The number of nitrogens with zero attached hydrogens (tertiary/aromatic N) is 1. The van der Waals surface area contributed by atoms with Crippen molar-refractivity contribution in [3.63, 3.8) is 0 Å². The van der Waals surface area contributed by atoms with Gasteiger partial charge >= 0.3 is 0 Å². The standard InChI is InChI=1S/C16H25BrN2O/c1-5-18-15-8-9-19(12(3)11(15)2)16-10-13(20-4)6-7-14(16)17/h6-7,10-12,15,18H,5,8-9H2,1-4H3. The van der Waals surface area contributed by atoms with Crippen LogP contribution in [0.2, 0.25) is 0 Å². The molecular formula is C16H25BrN2O. The van der Waals surface area contributed by atoms with E-state index in [4.69, 9.17) is 4.74 Å². The van der Waals surface area contributed by atoms with E-state index in [1.807, 2.05) is 6.07 Å². The van der Waals surface area contributed by atoms with E-state index in [9.17, 15) is 0 Å². The second kappa shape index (κ2) is 6.81. The van der Waals surface area contributed by atoms with Gasteiger partial charge in [0.25, 0.3) is 0 Å². The van der Waals surface area contributed by atoms with Gasteiger partial charge in [0, 0.05) is 29.2 Å². The van der Waals surface area contributed by atoms with Crippen LogP contribution in [0.5, 0.6) is 5.75 Å². The number of hydrogen-bond acceptors (Lipinski definition) is 3. The van der Waals surface area contributed by atoms with E-state index in [2.05, 4.69) is 59.1 Å². The lowest BCUT2D eigenvalue weighted by Crippen LogP contribution is -2.53. The predicted octanol–water partition coefficient (Wildman–Crippen LogP) is 3.67. The quantitative estimate of drug-likeness (QED) is 0.904. The van der Waals surface area contributed by atoms with Crippen molar-refractivity contribution in [3.8, 4) is 5.75 Å². The fourth-order valence-corrected chi connectivity index (χ4v) is 3.57. The fourth-order valence-electron chi connectivity index (χ4n) is 3.09. The summed E-state index contributed by atoms with van der Waals surface area (Å²) in [5.74, 6) is 1.54. The normalized spacial score (nSPS) is 26.6. The minimum Gasteiger partial charge on any atom is -0.497 e. The summed E-state index contributed by atoms with van der Waals surface area (Å²) in [6, 6.07) is 7.32. The number of rotatable bonds is 4. The first-order chi connectivity index (χ1) is 9.58. The van der Waals surface area contributed by atoms with E-state index in [0.29, 0.717) is 18.0 Å². The molecule has 0 bridgehead atoms. The van der Waals surface area contributed by atoms with Crippen molar-refractivity contribution in [1.29, 1.82) is 0 Å². The van der Waals surface area contributed by atoms with Crippen LogP contribution in [0.25, 0.3) is 0 Å². The number of nitrogens with one attached hydrogen (secondary N) is 1. The molecule has 3 unspecified atom stereocenters. The van der Waals surface area contributed by atoms with Gasteiger partial charge in [-0.1, -0.05) is 13.8 Å². The number of halogens is 1. The van der Waals surface area contributed by atoms with Crippen molar-refractivity contribution in [3.05, 3.63) is 22.7 Å². The molecule has 1 aliphatic rings. The zero-order valence-corrected chi connectivity index (χ0v) is 14.4. The minimum atomic E-state index is 0.510. The molecule has 1 heterocycles. The summed E-state index contributed by atoms with van der Waals surface area (Å²) in [6.07, 6.45) is 1.18. The Labute approximate surface area is 130 Å². The summed E-state index contributed by atoms with van der Waals surface area (Å²) >= 11 is 3.68. The van der Waals surface area contributed by atoms with E-state index in [-0.39, 0.29) is 0 Å². The lowest BCUT2D eigenvalue weighted by molar-refractivity contribution is 0.274. The minimum absolute atomic E-state index is 0.510.